The third-order valence-electron chi connectivity index (χ3n) is 4.99. The number of hydrogen-bond acceptors (Lipinski definition) is 5. The fourth-order valence-electron chi connectivity index (χ4n) is 3.46. The van der Waals surface area contributed by atoms with E-state index >= 15 is 0 Å². The molecule has 0 fully saturated rings. The lowest BCUT2D eigenvalue weighted by molar-refractivity contribution is 0.0742. The molecule has 160 valence electrons. The molecule has 1 aromatic carbocycles. The van der Waals surface area contributed by atoms with Crippen LogP contribution < -0.4 is 5.73 Å². The quantitative estimate of drug-likeness (QED) is 0.623. The summed E-state index contributed by atoms with van der Waals surface area (Å²) >= 11 is 0. The normalized spacial score (nSPS) is 13.2. The second-order valence-corrected chi connectivity index (χ2v) is 9.87. The van der Waals surface area contributed by atoms with Crippen molar-refractivity contribution in [3.8, 4) is 11.1 Å². The minimum absolute atomic E-state index is 0.0190. The standard InChI is InChI=1S/C22H26FN3O3S/c1-14-20(15-6-5-7-17(12-15)30(4,28)29)21-18(26(14)13-16(23)10-11-24)8-9-19(25-21)22(2,3)27/h5-10,12,27H,11,13,24H2,1-4H3. The van der Waals surface area contributed by atoms with Gasteiger partial charge in [0.2, 0.25) is 0 Å². The first-order chi connectivity index (χ1) is 13.9. The summed E-state index contributed by atoms with van der Waals surface area (Å²) in [4.78, 5) is 4.85. The van der Waals surface area contributed by atoms with E-state index in [1.54, 1.807) is 48.7 Å². The predicted octanol–water partition coefficient (Wildman–Crippen LogP) is 3.45. The van der Waals surface area contributed by atoms with Crippen LogP contribution in [0.4, 0.5) is 4.39 Å². The van der Waals surface area contributed by atoms with Gasteiger partial charge in [-0.2, -0.15) is 0 Å². The Morgan fingerprint density at radius 3 is 2.60 bits per heavy atom. The van der Waals surface area contributed by atoms with Crippen molar-refractivity contribution in [1.82, 2.24) is 9.55 Å². The van der Waals surface area contributed by atoms with E-state index in [9.17, 15) is 17.9 Å². The highest BCUT2D eigenvalue weighted by Gasteiger charge is 2.23. The number of rotatable bonds is 6. The summed E-state index contributed by atoms with van der Waals surface area (Å²) in [7, 11) is -3.40. The van der Waals surface area contributed by atoms with Crippen molar-refractivity contribution in [2.24, 2.45) is 5.73 Å². The van der Waals surface area contributed by atoms with Crippen LogP contribution in [-0.4, -0.2) is 35.9 Å². The van der Waals surface area contributed by atoms with Gasteiger partial charge in [0, 0.05) is 24.1 Å². The monoisotopic (exact) mass is 431 g/mol. The summed E-state index contributed by atoms with van der Waals surface area (Å²) in [6, 6.07) is 10.1. The summed E-state index contributed by atoms with van der Waals surface area (Å²) in [5.74, 6) is -0.375. The molecule has 0 radical (unpaired) electrons. The zero-order chi connectivity index (χ0) is 22.3. The highest BCUT2D eigenvalue weighted by Crippen LogP contribution is 2.36. The van der Waals surface area contributed by atoms with E-state index in [0.717, 1.165) is 11.9 Å². The molecule has 8 heteroatoms. The lowest BCUT2D eigenvalue weighted by Crippen LogP contribution is -2.17. The SMILES string of the molecule is Cc1c(-c2cccc(S(C)(=O)=O)c2)c2nc(C(C)(C)O)ccc2n1CC(F)=CCN. The van der Waals surface area contributed by atoms with Gasteiger partial charge in [-0.3, -0.25) is 0 Å². The number of benzene rings is 1. The molecule has 0 saturated heterocycles. The zero-order valence-corrected chi connectivity index (χ0v) is 18.3. The molecule has 30 heavy (non-hydrogen) atoms. The summed E-state index contributed by atoms with van der Waals surface area (Å²) in [6.45, 7) is 5.18. The lowest BCUT2D eigenvalue weighted by atomic mass is 10.0. The molecule has 3 rings (SSSR count). The van der Waals surface area contributed by atoms with Gasteiger partial charge >= 0.3 is 0 Å². The topological polar surface area (TPSA) is 98.2 Å². The van der Waals surface area contributed by atoms with Crippen LogP contribution in [0.2, 0.25) is 0 Å². The number of halogens is 1. The van der Waals surface area contributed by atoms with Crippen LogP contribution in [0.25, 0.3) is 22.2 Å². The Morgan fingerprint density at radius 2 is 2.00 bits per heavy atom. The Morgan fingerprint density at radius 1 is 1.30 bits per heavy atom. The smallest absolute Gasteiger partial charge is 0.175 e. The Hall–Kier alpha value is -2.55. The van der Waals surface area contributed by atoms with Gasteiger partial charge in [0.05, 0.1) is 28.2 Å². The molecule has 0 atom stereocenters. The van der Waals surface area contributed by atoms with Crippen molar-refractivity contribution in [2.45, 2.75) is 37.8 Å². The van der Waals surface area contributed by atoms with Gasteiger partial charge in [0.1, 0.15) is 11.4 Å². The van der Waals surface area contributed by atoms with Crippen LogP contribution >= 0.6 is 0 Å². The van der Waals surface area contributed by atoms with E-state index in [4.69, 9.17) is 5.73 Å². The summed E-state index contributed by atoms with van der Waals surface area (Å²) in [5.41, 5.74) is 8.06. The van der Waals surface area contributed by atoms with Gasteiger partial charge in [0.25, 0.3) is 0 Å². The molecule has 3 aromatic rings. The van der Waals surface area contributed by atoms with Crippen molar-refractivity contribution >= 4 is 20.9 Å². The summed E-state index contributed by atoms with van der Waals surface area (Å²) in [6.07, 6.45) is 2.47. The Labute approximate surface area is 175 Å². The fourth-order valence-corrected chi connectivity index (χ4v) is 4.12. The molecule has 0 aliphatic heterocycles. The van der Waals surface area contributed by atoms with Gasteiger partial charge in [-0.15, -0.1) is 0 Å². The molecule has 3 N–H and O–H groups in total. The number of pyridine rings is 1. The van der Waals surface area contributed by atoms with E-state index in [-0.39, 0.29) is 23.8 Å². The Bertz CT molecular complexity index is 1240. The molecule has 0 aliphatic rings. The average molecular weight is 432 g/mol. The summed E-state index contributed by atoms with van der Waals surface area (Å²) < 4.78 is 40.2. The molecule has 0 amide bonds. The fraction of sp³-hybridized carbons (Fsp3) is 0.318. The van der Waals surface area contributed by atoms with Crippen molar-refractivity contribution in [3.05, 3.63) is 59.7 Å². The number of sulfone groups is 1. The van der Waals surface area contributed by atoms with Gasteiger partial charge < -0.3 is 15.4 Å². The lowest BCUT2D eigenvalue weighted by Gasteiger charge is -2.16. The Kier molecular flexibility index (Phi) is 5.86. The van der Waals surface area contributed by atoms with Crippen molar-refractivity contribution < 1.29 is 17.9 Å². The van der Waals surface area contributed by atoms with E-state index in [2.05, 4.69) is 4.98 Å². The molecular formula is C22H26FN3O3S. The zero-order valence-electron chi connectivity index (χ0n) is 17.5. The molecule has 2 heterocycles. The number of allylic oxidation sites excluding steroid dienone is 1. The molecule has 0 spiro atoms. The first-order valence-corrected chi connectivity index (χ1v) is 11.4. The highest BCUT2D eigenvalue weighted by molar-refractivity contribution is 7.90. The van der Waals surface area contributed by atoms with Crippen molar-refractivity contribution in [2.75, 3.05) is 12.8 Å². The van der Waals surface area contributed by atoms with Crippen LogP contribution in [0.1, 0.15) is 25.2 Å². The third kappa shape index (κ3) is 4.30. The van der Waals surface area contributed by atoms with E-state index < -0.39 is 15.4 Å². The van der Waals surface area contributed by atoms with Crippen LogP contribution in [0.3, 0.4) is 0 Å². The van der Waals surface area contributed by atoms with E-state index in [0.29, 0.717) is 27.9 Å². The Balaban J connectivity index is 2.34. The number of aromatic nitrogens is 2. The molecule has 6 nitrogen and oxygen atoms in total. The van der Waals surface area contributed by atoms with Crippen LogP contribution in [0, 0.1) is 6.92 Å². The average Bonchev–Trinajstić information content (AvgIpc) is 2.92. The molecule has 0 aliphatic carbocycles. The van der Waals surface area contributed by atoms with Crippen molar-refractivity contribution in [1.29, 1.82) is 0 Å². The van der Waals surface area contributed by atoms with Gasteiger partial charge in [0.15, 0.2) is 9.84 Å². The molecule has 0 saturated carbocycles. The minimum Gasteiger partial charge on any atom is -0.384 e. The van der Waals surface area contributed by atoms with Gasteiger partial charge in [-0.25, -0.2) is 17.8 Å². The number of aliphatic hydroxyl groups is 1. The molecular weight excluding hydrogens is 405 g/mol. The maximum Gasteiger partial charge on any atom is 0.175 e. The molecule has 2 aromatic heterocycles. The van der Waals surface area contributed by atoms with Crippen LogP contribution in [0.5, 0.6) is 0 Å². The second kappa shape index (κ2) is 7.94. The van der Waals surface area contributed by atoms with Crippen LogP contribution in [-0.2, 0) is 22.0 Å². The first-order valence-electron chi connectivity index (χ1n) is 9.51. The highest BCUT2D eigenvalue weighted by atomic mass is 32.2. The predicted molar refractivity (Wildman–Crippen MR) is 117 cm³/mol. The van der Waals surface area contributed by atoms with Gasteiger partial charge in [-0.1, -0.05) is 12.1 Å². The third-order valence-corrected chi connectivity index (χ3v) is 6.10. The molecule has 0 bridgehead atoms. The largest absolute Gasteiger partial charge is 0.384 e. The first kappa shape index (κ1) is 22.1. The number of hydrogen-bond donors (Lipinski definition) is 2. The maximum absolute atomic E-state index is 14.3. The summed E-state index contributed by atoms with van der Waals surface area (Å²) in [5, 5.41) is 10.4. The minimum atomic E-state index is -3.40. The van der Waals surface area contributed by atoms with Crippen molar-refractivity contribution in [3.63, 3.8) is 0 Å². The number of fused-ring (bicyclic) bond motifs is 1. The number of nitrogens with two attached hydrogens (primary N) is 1. The second-order valence-electron chi connectivity index (χ2n) is 7.86. The molecule has 0 unspecified atom stereocenters. The maximum atomic E-state index is 14.3. The van der Waals surface area contributed by atoms with E-state index in [1.807, 2.05) is 6.92 Å². The van der Waals surface area contributed by atoms with Crippen LogP contribution in [0.15, 0.2) is 53.2 Å². The number of nitrogens with zero attached hydrogens (tertiary/aromatic N) is 2. The van der Waals surface area contributed by atoms with E-state index in [1.165, 1.54) is 12.1 Å². The van der Waals surface area contributed by atoms with Gasteiger partial charge in [-0.05, 0) is 56.7 Å².